The van der Waals surface area contributed by atoms with Gasteiger partial charge in [0.25, 0.3) is 5.91 Å². The quantitative estimate of drug-likeness (QED) is 0.906. The van der Waals surface area contributed by atoms with Crippen molar-refractivity contribution >= 4 is 11.9 Å². The Morgan fingerprint density at radius 2 is 2.26 bits per heavy atom. The average Bonchev–Trinajstić information content (AvgIpc) is 2.86. The number of hydrogen-bond donors (Lipinski definition) is 1. The van der Waals surface area contributed by atoms with Crippen LogP contribution in [0.1, 0.15) is 48.7 Å². The second-order valence-electron chi connectivity index (χ2n) is 4.86. The van der Waals surface area contributed by atoms with Crippen LogP contribution in [0.2, 0.25) is 0 Å². The lowest BCUT2D eigenvalue weighted by molar-refractivity contribution is -0.143. The number of piperidine rings is 1. The second-order valence-corrected chi connectivity index (χ2v) is 4.86. The van der Waals surface area contributed by atoms with E-state index in [9.17, 15) is 14.7 Å². The monoisotopic (exact) mass is 265 g/mol. The van der Waals surface area contributed by atoms with Gasteiger partial charge in [-0.25, -0.2) is 4.79 Å². The zero-order chi connectivity index (χ0) is 13.8. The minimum absolute atomic E-state index is 0.218. The summed E-state index contributed by atoms with van der Waals surface area (Å²) >= 11 is 0. The predicted octanol–water partition coefficient (Wildman–Crippen LogP) is 2.31. The Morgan fingerprint density at radius 3 is 2.95 bits per heavy atom. The number of rotatable bonds is 4. The van der Waals surface area contributed by atoms with Gasteiger partial charge in [-0.2, -0.15) is 0 Å². The first-order valence-corrected chi connectivity index (χ1v) is 6.75. The highest BCUT2D eigenvalue weighted by Gasteiger charge is 2.33. The summed E-state index contributed by atoms with van der Waals surface area (Å²) in [6, 6.07) is 0.937. The molecule has 1 atom stereocenters. The third-order valence-corrected chi connectivity index (χ3v) is 3.50. The Morgan fingerprint density at radius 1 is 1.47 bits per heavy atom. The van der Waals surface area contributed by atoms with Gasteiger partial charge in [-0.05, 0) is 31.7 Å². The molecule has 19 heavy (non-hydrogen) atoms. The van der Waals surface area contributed by atoms with Crippen LogP contribution in [-0.2, 0) is 11.2 Å². The van der Waals surface area contributed by atoms with Gasteiger partial charge in [0.05, 0.1) is 11.8 Å². The smallest absolute Gasteiger partial charge is 0.326 e. The molecule has 1 fully saturated rings. The highest BCUT2D eigenvalue weighted by Crippen LogP contribution is 2.22. The number of amides is 1. The van der Waals surface area contributed by atoms with Crippen molar-refractivity contribution < 1.29 is 19.1 Å². The molecular weight excluding hydrogens is 246 g/mol. The van der Waals surface area contributed by atoms with Gasteiger partial charge < -0.3 is 14.4 Å². The summed E-state index contributed by atoms with van der Waals surface area (Å²) in [6.45, 7) is 2.52. The van der Waals surface area contributed by atoms with Gasteiger partial charge in [0.1, 0.15) is 11.8 Å². The number of carboxylic acids is 1. The summed E-state index contributed by atoms with van der Waals surface area (Å²) in [5.41, 5.74) is 0.509. The van der Waals surface area contributed by atoms with E-state index >= 15 is 0 Å². The van der Waals surface area contributed by atoms with E-state index in [-0.39, 0.29) is 5.91 Å². The zero-order valence-corrected chi connectivity index (χ0v) is 11.1. The maximum absolute atomic E-state index is 12.5. The molecule has 2 heterocycles. The normalized spacial score (nSPS) is 19.4. The second kappa shape index (κ2) is 5.91. The number of likely N-dealkylation sites (tertiary alicyclic amines) is 1. The van der Waals surface area contributed by atoms with E-state index in [0.717, 1.165) is 19.3 Å². The molecule has 0 aliphatic carbocycles. The van der Waals surface area contributed by atoms with Crippen molar-refractivity contribution in [2.24, 2.45) is 0 Å². The molecule has 5 heteroatoms. The number of carboxylic acid groups (broad SMARTS) is 1. The molecule has 5 nitrogen and oxygen atoms in total. The Balaban J connectivity index is 2.21. The van der Waals surface area contributed by atoms with Crippen molar-refractivity contribution in [1.82, 2.24) is 4.90 Å². The highest BCUT2D eigenvalue weighted by molar-refractivity contribution is 5.97. The summed E-state index contributed by atoms with van der Waals surface area (Å²) in [5, 5.41) is 9.21. The van der Waals surface area contributed by atoms with Crippen molar-refractivity contribution in [2.75, 3.05) is 6.54 Å². The van der Waals surface area contributed by atoms with E-state index in [2.05, 4.69) is 0 Å². The Bertz CT molecular complexity index is 466. The van der Waals surface area contributed by atoms with Crippen molar-refractivity contribution in [3.05, 3.63) is 23.7 Å². The largest absolute Gasteiger partial charge is 0.480 e. The summed E-state index contributed by atoms with van der Waals surface area (Å²) < 4.78 is 5.32. The lowest BCUT2D eigenvalue weighted by Crippen LogP contribution is -2.48. The van der Waals surface area contributed by atoms with Crippen molar-refractivity contribution in [2.45, 2.75) is 45.1 Å². The molecule has 1 aliphatic heterocycles. The van der Waals surface area contributed by atoms with Crippen molar-refractivity contribution in [3.8, 4) is 0 Å². The lowest BCUT2D eigenvalue weighted by Gasteiger charge is -2.32. The minimum Gasteiger partial charge on any atom is -0.480 e. The Labute approximate surface area is 112 Å². The number of nitrogens with zero attached hydrogens (tertiary/aromatic N) is 1. The number of aliphatic carboxylic acids is 1. The fourth-order valence-electron chi connectivity index (χ4n) is 2.54. The van der Waals surface area contributed by atoms with Crippen LogP contribution in [0, 0.1) is 0 Å². The van der Waals surface area contributed by atoms with Crippen LogP contribution in [-0.4, -0.2) is 34.5 Å². The predicted molar refractivity (Wildman–Crippen MR) is 69.0 cm³/mol. The first kappa shape index (κ1) is 13.6. The first-order valence-electron chi connectivity index (χ1n) is 6.75. The summed E-state index contributed by atoms with van der Waals surface area (Å²) in [7, 11) is 0. The molecule has 0 spiro atoms. The maximum atomic E-state index is 12.5. The highest BCUT2D eigenvalue weighted by atomic mass is 16.4. The maximum Gasteiger partial charge on any atom is 0.326 e. The Kier molecular flexibility index (Phi) is 4.24. The summed E-state index contributed by atoms with van der Waals surface area (Å²) in [5.74, 6) is -0.486. The van der Waals surface area contributed by atoms with E-state index < -0.39 is 12.0 Å². The van der Waals surface area contributed by atoms with E-state index in [1.165, 1.54) is 11.2 Å². The molecule has 2 rings (SSSR count). The van der Waals surface area contributed by atoms with Crippen LogP contribution in [0.15, 0.2) is 16.7 Å². The minimum atomic E-state index is -0.923. The van der Waals surface area contributed by atoms with Gasteiger partial charge in [-0.15, -0.1) is 0 Å². The van der Waals surface area contributed by atoms with Gasteiger partial charge >= 0.3 is 5.97 Å². The molecule has 1 aromatic heterocycles. The molecule has 0 bridgehead atoms. The molecule has 0 aromatic carbocycles. The standard InChI is InChI=1S/C14H19NO4/c1-2-5-12-10(7-9-19-12)13(16)15-8-4-3-6-11(15)14(17)18/h7,9,11H,2-6,8H2,1H3,(H,17,18). The summed E-state index contributed by atoms with van der Waals surface area (Å²) in [4.78, 5) is 25.2. The molecule has 1 aromatic rings. The molecule has 1 N–H and O–H groups in total. The SMILES string of the molecule is CCCc1occc1C(=O)N1CCCCC1C(=O)O. The van der Waals surface area contributed by atoms with Crippen LogP contribution in [0.3, 0.4) is 0 Å². The number of carbonyl (C=O) groups is 2. The van der Waals surface area contributed by atoms with Gasteiger partial charge in [0.15, 0.2) is 0 Å². The third-order valence-electron chi connectivity index (χ3n) is 3.50. The molecule has 0 saturated carbocycles. The summed E-state index contributed by atoms with van der Waals surface area (Å²) in [6.07, 6.45) is 5.32. The fraction of sp³-hybridized carbons (Fsp3) is 0.571. The zero-order valence-electron chi connectivity index (χ0n) is 11.1. The van der Waals surface area contributed by atoms with E-state index in [1.54, 1.807) is 6.07 Å². The first-order chi connectivity index (χ1) is 9.15. The number of furan rings is 1. The third kappa shape index (κ3) is 2.80. The topological polar surface area (TPSA) is 70.8 Å². The molecule has 1 amide bonds. The number of aryl methyl sites for hydroxylation is 1. The number of carbonyl (C=O) groups excluding carboxylic acids is 1. The van der Waals surface area contributed by atoms with Crippen molar-refractivity contribution in [1.29, 1.82) is 0 Å². The molecule has 0 radical (unpaired) electrons. The van der Waals surface area contributed by atoms with Crippen LogP contribution in [0.25, 0.3) is 0 Å². The van der Waals surface area contributed by atoms with Gasteiger partial charge in [0, 0.05) is 13.0 Å². The van der Waals surface area contributed by atoms with E-state index in [1.807, 2.05) is 6.92 Å². The van der Waals surface area contributed by atoms with Crippen LogP contribution in [0.5, 0.6) is 0 Å². The van der Waals surface area contributed by atoms with E-state index in [0.29, 0.717) is 30.7 Å². The number of hydrogen-bond acceptors (Lipinski definition) is 3. The lowest BCUT2D eigenvalue weighted by atomic mass is 10.0. The fourth-order valence-corrected chi connectivity index (χ4v) is 2.54. The molecular formula is C14H19NO4. The molecule has 1 aliphatic rings. The van der Waals surface area contributed by atoms with Crippen LogP contribution >= 0.6 is 0 Å². The van der Waals surface area contributed by atoms with Crippen molar-refractivity contribution in [3.63, 3.8) is 0 Å². The van der Waals surface area contributed by atoms with Gasteiger partial charge in [-0.1, -0.05) is 6.92 Å². The van der Waals surface area contributed by atoms with Crippen LogP contribution < -0.4 is 0 Å². The Hall–Kier alpha value is -1.78. The van der Waals surface area contributed by atoms with Crippen LogP contribution in [0.4, 0.5) is 0 Å². The molecule has 104 valence electrons. The molecule has 1 unspecified atom stereocenters. The molecule has 1 saturated heterocycles. The van der Waals surface area contributed by atoms with Gasteiger partial charge in [-0.3, -0.25) is 4.79 Å². The average molecular weight is 265 g/mol. The van der Waals surface area contributed by atoms with E-state index in [4.69, 9.17) is 4.42 Å². The van der Waals surface area contributed by atoms with Gasteiger partial charge in [0.2, 0.25) is 0 Å².